The van der Waals surface area contributed by atoms with Crippen molar-refractivity contribution in [3.8, 4) is 11.1 Å². The molecule has 1 aliphatic heterocycles. The first-order valence-electron chi connectivity index (χ1n) is 14.4. The van der Waals surface area contributed by atoms with Crippen molar-refractivity contribution in [2.75, 3.05) is 5.01 Å². The molecule has 6 aromatic carbocycles. The fourth-order valence-corrected chi connectivity index (χ4v) is 7.76. The van der Waals surface area contributed by atoms with Crippen molar-refractivity contribution in [2.24, 2.45) is 0 Å². The fraction of sp³-hybridized carbons (Fsp3) is 0.0526. The van der Waals surface area contributed by atoms with Gasteiger partial charge >= 0.3 is 0 Å². The van der Waals surface area contributed by atoms with E-state index in [4.69, 9.17) is 0 Å². The highest BCUT2D eigenvalue weighted by Crippen LogP contribution is 2.44. The molecule has 0 radical (unpaired) electrons. The molecule has 42 heavy (non-hydrogen) atoms. The smallest absolute Gasteiger partial charge is 0.125 e. The van der Waals surface area contributed by atoms with Gasteiger partial charge in [-0.25, -0.2) is 0 Å². The van der Waals surface area contributed by atoms with E-state index in [0.717, 1.165) is 0 Å². The molecule has 1 saturated heterocycles. The molecule has 2 unspecified atom stereocenters. The van der Waals surface area contributed by atoms with E-state index < -0.39 is 0 Å². The molecular weight excluding hydrogens is 531 g/mol. The summed E-state index contributed by atoms with van der Waals surface area (Å²) in [7, 11) is 0. The van der Waals surface area contributed by atoms with Gasteiger partial charge in [0.2, 0.25) is 0 Å². The Hall–Kier alpha value is -4.90. The van der Waals surface area contributed by atoms with E-state index in [1.807, 2.05) is 11.3 Å². The van der Waals surface area contributed by atoms with Gasteiger partial charge in [0, 0.05) is 30.9 Å². The molecule has 0 aliphatic carbocycles. The minimum Gasteiger partial charge on any atom is -0.269 e. The van der Waals surface area contributed by atoms with Crippen LogP contribution in [0.5, 0.6) is 0 Å². The molecule has 0 amide bonds. The van der Waals surface area contributed by atoms with Gasteiger partial charge in [0.25, 0.3) is 0 Å². The third kappa shape index (κ3) is 3.56. The number of aromatic nitrogens is 1. The van der Waals surface area contributed by atoms with E-state index in [1.54, 1.807) is 0 Å². The molecule has 1 fully saturated rings. The molecular formula is C38H27N3S. The van der Waals surface area contributed by atoms with Crippen LogP contribution in [0, 0.1) is 0 Å². The summed E-state index contributed by atoms with van der Waals surface area (Å²) in [6, 6.07) is 52.8. The lowest BCUT2D eigenvalue weighted by Crippen LogP contribution is -2.62. The first kappa shape index (κ1) is 23.8. The van der Waals surface area contributed by atoms with Crippen LogP contribution in [0.2, 0.25) is 0 Å². The maximum absolute atomic E-state index is 3.91. The van der Waals surface area contributed by atoms with Crippen LogP contribution >= 0.6 is 11.3 Å². The van der Waals surface area contributed by atoms with Crippen LogP contribution in [0.3, 0.4) is 0 Å². The summed E-state index contributed by atoms with van der Waals surface area (Å²) in [6.07, 6.45) is 0.0688. The summed E-state index contributed by atoms with van der Waals surface area (Å²) in [5.74, 6) is 0. The van der Waals surface area contributed by atoms with E-state index >= 15 is 0 Å². The summed E-state index contributed by atoms with van der Waals surface area (Å²) >= 11 is 1.88. The van der Waals surface area contributed by atoms with Gasteiger partial charge in [-0.05, 0) is 46.5 Å². The summed E-state index contributed by atoms with van der Waals surface area (Å²) in [4.78, 5) is 0. The van der Waals surface area contributed by atoms with Gasteiger partial charge in [-0.15, -0.1) is 11.3 Å². The Labute approximate surface area is 247 Å². The van der Waals surface area contributed by atoms with Crippen molar-refractivity contribution >= 4 is 53.3 Å². The third-order valence-corrected chi connectivity index (χ3v) is 9.80. The number of fused-ring (bicyclic) bond motifs is 6. The van der Waals surface area contributed by atoms with Gasteiger partial charge < -0.3 is 0 Å². The lowest BCUT2D eigenvalue weighted by atomic mass is 9.99. The number of hydrogen-bond acceptors (Lipinski definition) is 3. The number of rotatable bonds is 4. The quantitative estimate of drug-likeness (QED) is 0.232. The SMILES string of the molecule is c1ccc(-c2ccc(C3NC(c4ccccc4)N3n3c4ccccc4c4cc5c(cc43)sc3ccccc35)cc2)cc1. The minimum atomic E-state index is 0.0251. The molecule has 200 valence electrons. The predicted molar refractivity (Wildman–Crippen MR) is 177 cm³/mol. The number of hydrogen-bond donors (Lipinski definition) is 1. The lowest BCUT2D eigenvalue weighted by Gasteiger charge is -2.52. The maximum atomic E-state index is 3.91. The Morgan fingerprint density at radius 3 is 1.86 bits per heavy atom. The molecule has 4 heteroatoms. The molecule has 3 heterocycles. The van der Waals surface area contributed by atoms with Crippen LogP contribution in [0.15, 0.2) is 146 Å². The van der Waals surface area contributed by atoms with Gasteiger partial charge in [0.1, 0.15) is 12.3 Å². The number of para-hydroxylation sites is 1. The minimum absolute atomic E-state index is 0.0251. The molecule has 1 aliphatic rings. The average Bonchev–Trinajstić information content (AvgIpc) is 3.56. The van der Waals surface area contributed by atoms with Gasteiger partial charge in [0.15, 0.2) is 0 Å². The normalized spacial score (nSPS) is 16.9. The fourth-order valence-electron chi connectivity index (χ4n) is 6.64. The summed E-state index contributed by atoms with van der Waals surface area (Å²) < 4.78 is 5.12. The Morgan fingerprint density at radius 1 is 0.452 bits per heavy atom. The van der Waals surface area contributed by atoms with Crippen molar-refractivity contribution < 1.29 is 0 Å². The molecule has 1 N–H and O–H groups in total. The monoisotopic (exact) mass is 557 g/mol. The second-order valence-corrected chi connectivity index (χ2v) is 12.1. The summed E-state index contributed by atoms with van der Waals surface area (Å²) in [5, 5.41) is 11.7. The van der Waals surface area contributed by atoms with E-state index in [0.29, 0.717) is 0 Å². The largest absolute Gasteiger partial charge is 0.269 e. The number of nitrogens with zero attached hydrogens (tertiary/aromatic N) is 2. The van der Waals surface area contributed by atoms with E-state index in [9.17, 15) is 0 Å². The summed E-state index contributed by atoms with van der Waals surface area (Å²) in [5.41, 5.74) is 7.43. The van der Waals surface area contributed by atoms with Gasteiger partial charge in [-0.1, -0.05) is 121 Å². The summed E-state index contributed by atoms with van der Waals surface area (Å²) in [6.45, 7) is 0. The zero-order valence-corrected chi connectivity index (χ0v) is 23.6. The number of thiophene rings is 1. The molecule has 2 aromatic heterocycles. The highest BCUT2D eigenvalue weighted by atomic mass is 32.1. The van der Waals surface area contributed by atoms with Gasteiger partial charge in [-0.3, -0.25) is 15.0 Å². The topological polar surface area (TPSA) is 20.2 Å². The highest BCUT2D eigenvalue weighted by Gasteiger charge is 2.41. The van der Waals surface area contributed by atoms with Gasteiger partial charge in [-0.2, -0.15) is 0 Å². The first-order valence-corrected chi connectivity index (χ1v) is 15.2. The number of benzene rings is 6. The Balaban J connectivity index is 1.25. The molecule has 0 saturated carbocycles. The molecule has 2 atom stereocenters. The highest BCUT2D eigenvalue weighted by molar-refractivity contribution is 7.25. The zero-order valence-electron chi connectivity index (χ0n) is 22.8. The van der Waals surface area contributed by atoms with E-state index in [-0.39, 0.29) is 12.3 Å². The van der Waals surface area contributed by atoms with Crippen molar-refractivity contribution in [3.63, 3.8) is 0 Å². The van der Waals surface area contributed by atoms with E-state index in [2.05, 4.69) is 161 Å². The molecule has 3 nitrogen and oxygen atoms in total. The zero-order chi connectivity index (χ0) is 27.6. The van der Waals surface area contributed by atoms with Gasteiger partial charge in [0.05, 0.1) is 11.0 Å². The average molecular weight is 558 g/mol. The van der Waals surface area contributed by atoms with Crippen molar-refractivity contribution in [3.05, 3.63) is 157 Å². The lowest BCUT2D eigenvalue weighted by molar-refractivity contribution is 0.211. The second-order valence-electron chi connectivity index (χ2n) is 11.0. The third-order valence-electron chi connectivity index (χ3n) is 8.67. The maximum Gasteiger partial charge on any atom is 0.125 e. The first-order chi connectivity index (χ1) is 20.8. The van der Waals surface area contributed by atoms with Crippen LogP contribution in [0.4, 0.5) is 0 Å². The molecule has 0 spiro atoms. The Bertz CT molecular complexity index is 2230. The van der Waals surface area contributed by atoms with Crippen molar-refractivity contribution in [1.82, 2.24) is 9.99 Å². The van der Waals surface area contributed by atoms with Crippen LogP contribution < -0.4 is 10.3 Å². The molecule has 0 bridgehead atoms. The van der Waals surface area contributed by atoms with Crippen molar-refractivity contribution in [1.29, 1.82) is 0 Å². The van der Waals surface area contributed by atoms with Crippen LogP contribution in [0.25, 0.3) is 53.1 Å². The van der Waals surface area contributed by atoms with E-state index in [1.165, 1.54) is 64.2 Å². The van der Waals surface area contributed by atoms with Crippen LogP contribution in [-0.4, -0.2) is 4.68 Å². The second kappa shape index (κ2) is 9.31. The predicted octanol–water partition coefficient (Wildman–Crippen LogP) is 9.77. The molecule has 9 rings (SSSR count). The van der Waals surface area contributed by atoms with Crippen LogP contribution in [0.1, 0.15) is 23.5 Å². The van der Waals surface area contributed by atoms with Crippen LogP contribution in [-0.2, 0) is 0 Å². The molecule has 8 aromatic rings. The number of nitrogens with one attached hydrogen (secondary N) is 1. The standard InChI is InChI=1S/C38H27N3S/c1-3-11-25(12-4-1)26-19-21-28(22-20-26)38-39-37(27-13-5-2-6-14-27)41(38)40-33-17-9-7-15-29(33)31-23-32-30-16-8-10-18-35(30)42-36(32)24-34(31)40/h1-24,37-39H. The Kier molecular flexibility index (Phi) is 5.27. The Morgan fingerprint density at radius 2 is 1.07 bits per heavy atom. The van der Waals surface area contributed by atoms with Crippen molar-refractivity contribution in [2.45, 2.75) is 12.3 Å².